The second kappa shape index (κ2) is 8.41. The maximum atomic E-state index is 12.9. The van der Waals surface area contributed by atoms with Gasteiger partial charge in [0, 0.05) is 39.8 Å². The average molecular weight is 445 g/mol. The Labute approximate surface area is 184 Å². The van der Waals surface area contributed by atoms with Crippen molar-refractivity contribution in [1.29, 1.82) is 0 Å². The lowest BCUT2D eigenvalue weighted by molar-refractivity contribution is -0.274. The molecule has 8 heteroatoms. The van der Waals surface area contributed by atoms with E-state index in [4.69, 9.17) is 5.73 Å². The first kappa shape index (κ1) is 22.0. The van der Waals surface area contributed by atoms with Crippen LogP contribution in [0.3, 0.4) is 0 Å². The van der Waals surface area contributed by atoms with Gasteiger partial charge in [-0.3, -0.25) is 4.79 Å². The van der Waals surface area contributed by atoms with E-state index in [0.29, 0.717) is 24.1 Å². The van der Waals surface area contributed by atoms with Crippen LogP contribution in [-0.2, 0) is 24.2 Å². The summed E-state index contributed by atoms with van der Waals surface area (Å²) >= 11 is 0. The van der Waals surface area contributed by atoms with Crippen LogP contribution >= 0.6 is 0 Å². The largest absolute Gasteiger partial charge is 0.573 e. The topological polar surface area (TPSA) is 69.3 Å². The second-order valence-corrected chi connectivity index (χ2v) is 8.55. The van der Waals surface area contributed by atoms with Crippen molar-refractivity contribution in [2.45, 2.75) is 52.1 Å². The Kier molecular flexibility index (Phi) is 5.79. The van der Waals surface area contributed by atoms with E-state index < -0.39 is 6.36 Å². The SMILES string of the molecule is CC(C)C(=O)NC1CCc2c(c3cc(N)ccc3n2Cc2ccccc2OC(F)(F)F)C1. The zero-order chi connectivity index (χ0) is 23.0. The number of nitrogens with one attached hydrogen (secondary N) is 1. The Balaban J connectivity index is 1.73. The molecule has 0 fully saturated rings. The summed E-state index contributed by atoms with van der Waals surface area (Å²) in [7, 11) is 0. The lowest BCUT2D eigenvalue weighted by atomic mass is 9.91. The van der Waals surface area contributed by atoms with E-state index in [0.717, 1.165) is 28.6 Å². The van der Waals surface area contributed by atoms with Gasteiger partial charge in [-0.2, -0.15) is 0 Å². The van der Waals surface area contributed by atoms with E-state index >= 15 is 0 Å². The molecule has 1 atom stereocenters. The number of alkyl halides is 3. The van der Waals surface area contributed by atoms with Crippen molar-refractivity contribution in [3.63, 3.8) is 0 Å². The summed E-state index contributed by atoms with van der Waals surface area (Å²) in [5.41, 5.74) is 10.1. The molecule has 2 aromatic carbocycles. The molecular formula is C24H26F3N3O2. The molecule has 4 rings (SSSR count). The molecule has 0 spiro atoms. The zero-order valence-corrected chi connectivity index (χ0v) is 18.0. The van der Waals surface area contributed by atoms with Crippen LogP contribution in [0.25, 0.3) is 10.9 Å². The van der Waals surface area contributed by atoms with Crippen molar-refractivity contribution in [3.8, 4) is 5.75 Å². The summed E-state index contributed by atoms with van der Waals surface area (Å²) < 4.78 is 45.0. The molecule has 1 unspecified atom stereocenters. The van der Waals surface area contributed by atoms with E-state index in [1.165, 1.54) is 12.1 Å². The Bertz CT molecular complexity index is 1150. The predicted octanol–water partition coefficient (Wildman–Crippen LogP) is 4.80. The molecule has 0 saturated carbocycles. The van der Waals surface area contributed by atoms with Crippen molar-refractivity contribution >= 4 is 22.5 Å². The lowest BCUT2D eigenvalue weighted by Crippen LogP contribution is -2.41. The van der Waals surface area contributed by atoms with Crippen LogP contribution in [-0.4, -0.2) is 22.9 Å². The number of carbonyl (C=O) groups is 1. The number of hydrogen-bond donors (Lipinski definition) is 2. The molecule has 0 aliphatic heterocycles. The van der Waals surface area contributed by atoms with Crippen molar-refractivity contribution in [1.82, 2.24) is 9.88 Å². The molecule has 32 heavy (non-hydrogen) atoms. The minimum Gasteiger partial charge on any atom is -0.405 e. The third kappa shape index (κ3) is 4.54. The molecule has 1 aromatic heterocycles. The number of halogens is 3. The number of anilines is 1. The van der Waals surface area contributed by atoms with Gasteiger partial charge in [0.15, 0.2) is 0 Å². The molecular weight excluding hydrogens is 419 g/mol. The number of para-hydroxylation sites is 1. The van der Waals surface area contributed by atoms with Crippen LogP contribution in [0.15, 0.2) is 42.5 Å². The highest BCUT2D eigenvalue weighted by atomic mass is 19.4. The maximum absolute atomic E-state index is 12.9. The monoisotopic (exact) mass is 445 g/mol. The molecule has 1 heterocycles. The Hall–Kier alpha value is -3.16. The normalized spacial score (nSPS) is 16.2. The molecule has 0 radical (unpaired) electrons. The van der Waals surface area contributed by atoms with Crippen LogP contribution < -0.4 is 15.8 Å². The quantitative estimate of drug-likeness (QED) is 0.555. The average Bonchev–Trinajstić information content (AvgIpc) is 3.00. The molecule has 0 bridgehead atoms. The van der Waals surface area contributed by atoms with E-state index in [9.17, 15) is 18.0 Å². The first-order chi connectivity index (χ1) is 15.1. The zero-order valence-electron chi connectivity index (χ0n) is 18.0. The fraction of sp³-hybridized carbons (Fsp3) is 0.375. The molecule has 3 aromatic rings. The van der Waals surface area contributed by atoms with E-state index in [1.807, 2.05) is 30.5 Å². The standard InChI is InChI=1S/C24H26F3N3O2/c1-14(2)23(31)29-17-8-10-21-19(12-17)18-11-16(28)7-9-20(18)30(21)13-15-5-3-4-6-22(15)32-24(25,26)27/h3-7,9,11,14,17H,8,10,12-13,28H2,1-2H3,(H,29,31). The van der Waals surface area contributed by atoms with Crippen LogP contribution in [0.5, 0.6) is 5.75 Å². The number of fused-ring (bicyclic) bond motifs is 3. The highest BCUT2D eigenvalue weighted by molar-refractivity contribution is 5.89. The molecule has 3 N–H and O–H groups in total. The Morgan fingerprint density at radius 2 is 2.00 bits per heavy atom. The van der Waals surface area contributed by atoms with Crippen molar-refractivity contribution in [3.05, 3.63) is 59.3 Å². The van der Waals surface area contributed by atoms with Gasteiger partial charge in [-0.1, -0.05) is 32.0 Å². The first-order valence-corrected chi connectivity index (χ1v) is 10.7. The predicted molar refractivity (Wildman–Crippen MR) is 117 cm³/mol. The number of nitrogens with zero attached hydrogens (tertiary/aromatic N) is 1. The van der Waals surface area contributed by atoms with Crippen LogP contribution in [0.1, 0.15) is 37.1 Å². The van der Waals surface area contributed by atoms with Gasteiger partial charge in [0.05, 0.1) is 6.54 Å². The number of benzene rings is 2. The molecule has 5 nitrogen and oxygen atoms in total. The molecule has 1 amide bonds. The second-order valence-electron chi connectivity index (χ2n) is 8.55. The lowest BCUT2D eigenvalue weighted by Gasteiger charge is -2.26. The van der Waals surface area contributed by atoms with Gasteiger partial charge in [0.1, 0.15) is 5.75 Å². The highest BCUT2D eigenvalue weighted by Crippen LogP contribution is 2.35. The third-order valence-corrected chi connectivity index (χ3v) is 5.89. The molecule has 170 valence electrons. The van der Waals surface area contributed by atoms with Crippen LogP contribution in [0.2, 0.25) is 0 Å². The van der Waals surface area contributed by atoms with Gasteiger partial charge in [-0.25, -0.2) is 0 Å². The van der Waals surface area contributed by atoms with Crippen molar-refractivity contribution < 1.29 is 22.7 Å². The van der Waals surface area contributed by atoms with E-state index in [1.54, 1.807) is 18.2 Å². The summed E-state index contributed by atoms with van der Waals surface area (Å²) in [4.78, 5) is 12.2. The van der Waals surface area contributed by atoms with Gasteiger partial charge in [-0.05, 0) is 49.1 Å². The van der Waals surface area contributed by atoms with E-state index in [-0.39, 0.29) is 30.2 Å². The number of nitrogen functional groups attached to an aromatic ring is 1. The van der Waals surface area contributed by atoms with Gasteiger partial charge < -0.3 is 20.4 Å². The minimum absolute atomic E-state index is 0.0127. The van der Waals surface area contributed by atoms with Crippen molar-refractivity contribution in [2.24, 2.45) is 5.92 Å². The van der Waals surface area contributed by atoms with Crippen LogP contribution in [0.4, 0.5) is 18.9 Å². The van der Waals surface area contributed by atoms with Crippen molar-refractivity contribution in [2.75, 3.05) is 5.73 Å². The number of hydrogen-bond acceptors (Lipinski definition) is 3. The summed E-state index contributed by atoms with van der Waals surface area (Å²) in [6, 6.07) is 11.8. The number of nitrogens with two attached hydrogens (primary N) is 1. The van der Waals surface area contributed by atoms with Gasteiger partial charge in [0.25, 0.3) is 0 Å². The van der Waals surface area contributed by atoms with E-state index in [2.05, 4.69) is 10.1 Å². The van der Waals surface area contributed by atoms with Gasteiger partial charge in [0.2, 0.25) is 5.91 Å². The maximum Gasteiger partial charge on any atom is 0.573 e. The molecule has 0 saturated heterocycles. The van der Waals surface area contributed by atoms with Gasteiger partial charge in [-0.15, -0.1) is 13.2 Å². The molecule has 1 aliphatic carbocycles. The summed E-state index contributed by atoms with van der Waals surface area (Å²) in [5, 5.41) is 4.08. The summed E-state index contributed by atoms with van der Waals surface area (Å²) in [6.07, 6.45) is -2.64. The fourth-order valence-corrected chi connectivity index (χ4v) is 4.37. The third-order valence-electron chi connectivity index (χ3n) is 5.89. The Morgan fingerprint density at radius 3 is 2.72 bits per heavy atom. The highest BCUT2D eigenvalue weighted by Gasteiger charge is 2.32. The smallest absolute Gasteiger partial charge is 0.405 e. The number of rotatable bonds is 5. The molecule has 1 aliphatic rings. The summed E-state index contributed by atoms with van der Waals surface area (Å²) in [6.45, 7) is 3.96. The van der Waals surface area contributed by atoms with Crippen LogP contribution in [0, 0.1) is 5.92 Å². The summed E-state index contributed by atoms with van der Waals surface area (Å²) in [5.74, 6) is -0.289. The van der Waals surface area contributed by atoms with Gasteiger partial charge >= 0.3 is 6.36 Å². The first-order valence-electron chi connectivity index (χ1n) is 10.7. The number of ether oxygens (including phenoxy) is 1. The Morgan fingerprint density at radius 1 is 1.25 bits per heavy atom. The minimum atomic E-state index is -4.76. The number of amides is 1. The number of aromatic nitrogens is 1. The number of carbonyl (C=O) groups excluding carboxylic acids is 1. The fourth-order valence-electron chi connectivity index (χ4n) is 4.37.